The van der Waals surface area contributed by atoms with E-state index in [0.717, 1.165) is 24.0 Å². The van der Waals surface area contributed by atoms with Gasteiger partial charge in [0.1, 0.15) is 0 Å². The highest BCUT2D eigenvalue weighted by molar-refractivity contribution is 5.71. The average Bonchev–Trinajstić information content (AvgIpc) is 3.08. The summed E-state index contributed by atoms with van der Waals surface area (Å²) >= 11 is 0. The minimum atomic E-state index is -0.769. The van der Waals surface area contributed by atoms with Crippen molar-refractivity contribution in [2.45, 2.75) is 31.6 Å². The van der Waals surface area contributed by atoms with Crippen LogP contribution in [0.15, 0.2) is 12.1 Å². The zero-order valence-corrected chi connectivity index (χ0v) is 10.9. The number of hydrogen-bond acceptors (Lipinski definition) is 3. The molecule has 1 saturated carbocycles. The van der Waals surface area contributed by atoms with Gasteiger partial charge in [-0.1, -0.05) is 12.1 Å². The third-order valence-corrected chi connectivity index (χ3v) is 3.63. The smallest absolute Gasteiger partial charge is 0.304 e. The molecule has 4 heteroatoms. The van der Waals surface area contributed by atoms with Gasteiger partial charge in [0.2, 0.25) is 0 Å². The van der Waals surface area contributed by atoms with E-state index in [1.165, 1.54) is 0 Å². The van der Waals surface area contributed by atoms with E-state index in [1.54, 1.807) is 14.2 Å². The number of aryl methyl sites for hydroxylation is 1. The molecule has 1 aliphatic carbocycles. The molecule has 18 heavy (non-hydrogen) atoms. The zero-order valence-electron chi connectivity index (χ0n) is 10.9. The van der Waals surface area contributed by atoms with Crippen LogP contribution in [0.2, 0.25) is 0 Å². The lowest BCUT2D eigenvalue weighted by Crippen LogP contribution is -2.14. The maximum Gasteiger partial charge on any atom is 0.304 e. The van der Waals surface area contributed by atoms with E-state index >= 15 is 0 Å². The quantitative estimate of drug-likeness (QED) is 0.872. The van der Waals surface area contributed by atoms with Crippen molar-refractivity contribution in [1.29, 1.82) is 0 Å². The van der Waals surface area contributed by atoms with Gasteiger partial charge in [0, 0.05) is 11.0 Å². The van der Waals surface area contributed by atoms with Crippen molar-refractivity contribution in [3.63, 3.8) is 0 Å². The first-order valence-electron chi connectivity index (χ1n) is 5.98. The molecule has 1 aromatic rings. The molecule has 0 heterocycles. The first kappa shape index (κ1) is 12.7. The fourth-order valence-electron chi connectivity index (χ4n) is 2.52. The molecule has 0 radical (unpaired) electrons. The second-order valence-electron chi connectivity index (χ2n) is 4.85. The predicted molar refractivity (Wildman–Crippen MR) is 67.4 cm³/mol. The number of methoxy groups -OCH3 is 2. The molecule has 0 bridgehead atoms. The summed E-state index contributed by atoms with van der Waals surface area (Å²) in [5, 5.41) is 9.02. The number of aliphatic carboxylic acids is 1. The molecule has 2 rings (SSSR count). The number of hydrogen-bond donors (Lipinski definition) is 1. The molecule has 98 valence electrons. The highest BCUT2D eigenvalue weighted by Gasteiger charge is 2.48. The fraction of sp³-hybridized carbons (Fsp3) is 0.500. The monoisotopic (exact) mass is 250 g/mol. The first-order valence-corrected chi connectivity index (χ1v) is 5.98. The van der Waals surface area contributed by atoms with Crippen molar-refractivity contribution in [3.05, 3.63) is 23.3 Å². The maximum absolute atomic E-state index is 11.0. The Morgan fingerprint density at radius 3 is 2.33 bits per heavy atom. The lowest BCUT2D eigenvalue weighted by atomic mass is 9.90. The first-order chi connectivity index (χ1) is 8.54. The van der Waals surface area contributed by atoms with Crippen LogP contribution in [0.3, 0.4) is 0 Å². The molecule has 0 amide bonds. The lowest BCUT2D eigenvalue weighted by Gasteiger charge is -2.20. The number of carboxylic acids is 1. The Hall–Kier alpha value is -1.71. The maximum atomic E-state index is 11.0. The highest BCUT2D eigenvalue weighted by Crippen LogP contribution is 2.55. The minimum absolute atomic E-state index is 0.148. The van der Waals surface area contributed by atoms with Gasteiger partial charge in [-0.05, 0) is 25.3 Å². The number of carboxylic acid groups (broad SMARTS) is 1. The van der Waals surface area contributed by atoms with Crippen molar-refractivity contribution >= 4 is 5.97 Å². The SMILES string of the molecule is COc1c(C)ccc(C2(CC(=O)O)CC2)c1OC. The summed E-state index contributed by atoms with van der Waals surface area (Å²) < 4.78 is 10.8. The Labute approximate surface area is 107 Å². The van der Waals surface area contributed by atoms with Crippen LogP contribution in [0.4, 0.5) is 0 Å². The molecule has 1 aromatic carbocycles. The molecule has 0 atom stereocenters. The van der Waals surface area contributed by atoms with Gasteiger partial charge in [-0.25, -0.2) is 0 Å². The van der Waals surface area contributed by atoms with Crippen LogP contribution in [0.5, 0.6) is 11.5 Å². The van der Waals surface area contributed by atoms with E-state index in [0.29, 0.717) is 11.5 Å². The van der Waals surface area contributed by atoms with Gasteiger partial charge in [0.25, 0.3) is 0 Å². The Balaban J connectivity index is 2.48. The van der Waals surface area contributed by atoms with Gasteiger partial charge in [0.15, 0.2) is 11.5 Å². The topological polar surface area (TPSA) is 55.8 Å². The van der Waals surface area contributed by atoms with Crippen LogP contribution in [-0.4, -0.2) is 25.3 Å². The zero-order chi connectivity index (χ0) is 13.3. The van der Waals surface area contributed by atoms with Crippen LogP contribution < -0.4 is 9.47 Å². The second-order valence-corrected chi connectivity index (χ2v) is 4.85. The second kappa shape index (κ2) is 4.52. The highest BCUT2D eigenvalue weighted by atomic mass is 16.5. The van der Waals surface area contributed by atoms with Crippen molar-refractivity contribution in [2.75, 3.05) is 14.2 Å². The van der Waals surface area contributed by atoms with E-state index in [9.17, 15) is 4.79 Å². The summed E-state index contributed by atoms with van der Waals surface area (Å²) in [6.07, 6.45) is 1.93. The minimum Gasteiger partial charge on any atom is -0.493 e. The molecule has 0 spiro atoms. The number of rotatable bonds is 5. The van der Waals surface area contributed by atoms with Gasteiger partial charge in [-0.3, -0.25) is 4.79 Å². The van der Waals surface area contributed by atoms with Crippen LogP contribution in [-0.2, 0) is 10.2 Å². The predicted octanol–water partition coefficient (Wildman–Crippen LogP) is 2.52. The molecule has 1 aliphatic rings. The van der Waals surface area contributed by atoms with Gasteiger partial charge in [-0.2, -0.15) is 0 Å². The third kappa shape index (κ3) is 2.03. The standard InChI is InChI=1S/C14H18O4/c1-9-4-5-10(13(18-3)12(9)17-2)14(6-7-14)8-11(15)16/h4-5H,6-8H2,1-3H3,(H,15,16). The fourth-order valence-corrected chi connectivity index (χ4v) is 2.52. The molecule has 1 N–H and O–H groups in total. The summed E-state index contributed by atoms with van der Waals surface area (Å²) in [5.74, 6) is 0.608. The van der Waals surface area contributed by atoms with Crippen LogP contribution in [0.25, 0.3) is 0 Å². The molecule has 0 aromatic heterocycles. The molecule has 0 aliphatic heterocycles. The van der Waals surface area contributed by atoms with Gasteiger partial charge in [0.05, 0.1) is 20.6 Å². The van der Waals surface area contributed by atoms with E-state index in [2.05, 4.69) is 0 Å². The summed E-state index contributed by atoms with van der Waals surface area (Å²) in [6.45, 7) is 1.95. The van der Waals surface area contributed by atoms with Crippen LogP contribution in [0, 0.1) is 6.92 Å². The summed E-state index contributed by atoms with van der Waals surface area (Å²) in [6, 6.07) is 3.92. The number of carbonyl (C=O) groups is 1. The van der Waals surface area contributed by atoms with Crippen molar-refractivity contribution < 1.29 is 19.4 Å². The van der Waals surface area contributed by atoms with Gasteiger partial charge >= 0.3 is 5.97 Å². The third-order valence-electron chi connectivity index (χ3n) is 3.63. The Kier molecular flexibility index (Phi) is 3.20. The van der Waals surface area contributed by atoms with Crippen molar-refractivity contribution in [3.8, 4) is 11.5 Å². The average molecular weight is 250 g/mol. The Morgan fingerprint density at radius 2 is 1.89 bits per heavy atom. The van der Waals surface area contributed by atoms with E-state index in [1.807, 2.05) is 19.1 Å². The Morgan fingerprint density at radius 1 is 1.28 bits per heavy atom. The summed E-state index contributed by atoms with van der Waals surface area (Å²) in [5.41, 5.74) is 1.68. The summed E-state index contributed by atoms with van der Waals surface area (Å²) in [4.78, 5) is 11.0. The lowest BCUT2D eigenvalue weighted by molar-refractivity contribution is -0.137. The van der Waals surface area contributed by atoms with Crippen LogP contribution >= 0.6 is 0 Å². The van der Waals surface area contributed by atoms with E-state index < -0.39 is 5.97 Å². The summed E-state index contributed by atoms with van der Waals surface area (Å²) in [7, 11) is 3.20. The molecular formula is C14H18O4. The largest absolute Gasteiger partial charge is 0.493 e. The molecule has 4 nitrogen and oxygen atoms in total. The van der Waals surface area contributed by atoms with E-state index in [4.69, 9.17) is 14.6 Å². The van der Waals surface area contributed by atoms with Crippen LogP contribution in [0.1, 0.15) is 30.4 Å². The number of benzene rings is 1. The van der Waals surface area contributed by atoms with Gasteiger partial charge < -0.3 is 14.6 Å². The molecule has 0 unspecified atom stereocenters. The van der Waals surface area contributed by atoms with E-state index in [-0.39, 0.29) is 11.8 Å². The van der Waals surface area contributed by atoms with Gasteiger partial charge in [-0.15, -0.1) is 0 Å². The molecule has 0 saturated heterocycles. The molecular weight excluding hydrogens is 232 g/mol. The van der Waals surface area contributed by atoms with Crippen molar-refractivity contribution in [1.82, 2.24) is 0 Å². The number of ether oxygens (including phenoxy) is 2. The molecule has 1 fully saturated rings. The Bertz CT molecular complexity index is 475. The normalized spacial score (nSPS) is 16.2. The van der Waals surface area contributed by atoms with Crippen molar-refractivity contribution in [2.24, 2.45) is 0 Å².